The first-order valence-corrected chi connectivity index (χ1v) is 11.0. The highest BCUT2D eigenvalue weighted by molar-refractivity contribution is 8.27. The third-order valence-electron chi connectivity index (χ3n) is 5.14. The molecule has 0 atom stereocenters. The predicted molar refractivity (Wildman–Crippen MR) is 126 cm³/mol. The maximum Gasteiger partial charge on any atom is 0.283 e. The molecule has 0 bridgehead atoms. The number of benzene rings is 1. The summed E-state index contributed by atoms with van der Waals surface area (Å²) in [4.78, 5) is 16.9. The fraction of sp³-hybridized carbons (Fsp3) is 0.304. The fourth-order valence-electron chi connectivity index (χ4n) is 3.62. The summed E-state index contributed by atoms with van der Waals surface area (Å²) >= 11 is 1.35. The molecule has 0 unspecified atom stereocenters. The van der Waals surface area contributed by atoms with Gasteiger partial charge in [0.05, 0.1) is 17.9 Å². The number of para-hydroxylation sites is 2. The summed E-state index contributed by atoms with van der Waals surface area (Å²) in [7, 11) is 0. The van der Waals surface area contributed by atoms with Crippen LogP contribution in [-0.4, -0.2) is 38.1 Å². The molecule has 2 aliphatic heterocycles. The van der Waals surface area contributed by atoms with Crippen molar-refractivity contribution in [2.24, 2.45) is 16.0 Å². The number of carbonyl (C=O) groups is 1. The van der Waals surface area contributed by atoms with Crippen LogP contribution in [0.25, 0.3) is 11.8 Å². The van der Waals surface area contributed by atoms with Crippen molar-refractivity contribution in [2.75, 3.05) is 6.61 Å². The lowest BCUT2D eigenvalue weighted by Gasteiger charge is -2.20. The number of aromatic nitrogens is 1. The number of amides is 1. The van der Waals surface area contributed by atoms with Crippen molar-refractivity contribution in [3.63, 3.8) is 0 Å². The van der Waals surface area contributed by atoms with Gasteiger partial charge in [-0.15, -0.1) is 0 Å². The minimum Gasteiger partial charge on any atom is -0.492 e. The van der Waals surface area contributed by atoms with Gasteiger partial charge in [-0.3, -0.25) is 10.2 Å². The summed E-state index contributed by atoms with van der Waals surface area (Å²) in [6, 6.07) is 9.88. The summed E-state index contributed by atoms with van der Waals surface area (Å²) in [5.74, 6) is 0.644. The Kier molecular flexibility index (Phi) is 5.58. The maximum absolute atomic E-state index is 12.7. The van der Waals surface area contributed by atoms with Crippen LogP contribution >= 0.6 is 11.8 Å². The topological polar surface area (TPSA) is 83.0 Å². The number of aliphatic imine (C=N–C) groups is 1. The van der Waals surface area contributed by atoms with Crippen LogP contribution in [0.2, 0.25) is 0 Å². The SMILES string of the molecule is CCOc1ccccc1-n1c(C)cc(C=C2C(=N)N3N=C(C(C)C)SC3=NC2=O)c1C. The van der Waals surface area contributed by atoms with Crippen molar-refractivity contribution in [2.45, 2.75) is 34.6 Å². The van der Waals surface area contributed by atoms with Crippen LogP contribution in [0.1, 0.15) is 37.7 Å². The summed E-state index contributed by atoms with van der Waals surface area (Å²) in [5.41, 5.74) is 3.99. The van der Waals surface area contributed by atoms with Crippen LogP contribution in [0.5, 0.6) is 5.75 Å². The number of amidine groups is 2. The van der Waals surface area contributed by atoms with Gasteiger partial charge >= 0.3 is 0 Å². The molecular weight excluding hydrogens is 410 g/mol. The van der Waals surface area contributed by atoms with Crippen LogP contribution in [0.4, 0.5) is 0 Å². The fourth-order valence-corrected chi connectivity index (χ4v) is 4.51. The Balaban J connectivity index is 1.75. The molecule has 1 aromatic carbocycles. The molecule has 3 heterocycles. The van der Waals surface area contributed by atoms with Gasteiger partial charge < -0.3 is 9.30 Å². The second-order valence-electron chi connectivity index (χ2n) is 7.68. The minimum absolute atomic E-state index is 0.0534. The van der Waals surface area contributed by atoms with Crippen molar-refractivity contribution < 1.29 is 9.53 Å². The highest BCUT2D eigenvalue weighted by Crippen LogP contribution is 2.33. The lowest BCUT2D eigenvalue weighted by molar-refractivity contribution is -0.114. The average molecular weight is 436 g/mol. The summed E-state index contributed by atoms with van der Waals surface area (Å²) in [6.07, 6.45) is 1.74. The number of nitrogens with zero attached hydrogens (tertiary/aromatic N) is 4. The van der Waals surface area contributed by atoms with E-state index in [-0.39, 0.29) is 17.3 Å². The number of hydrazone groups is 1. The first-order valence-electron chi connectivity index (χ1n) is 10.2. The molecule has 1 aromatic heterocycles. The zero-order valence-electron chi connectivity index (χ0n) is 18.3. The van der Waals surface area contributed by atoms with Crippen LogP contribution in [0, 0.1) is 25.2 Å². The lowest BCUT2D eigenvalue weighted by Crippen LogP contribution is -2.35. The van der Waals surface area contributed by atoms with E-state index in [2.05, 4.69) is 14.7 Å². The molecule has 2 aliphatic rings. The van der Waals surface area contributed by atoms with Gasteiger partial charge in [-0.1, -0.05) is 26.0 Å². The third kappa shape index (κ3) is 3.72. The Morgan fingerprint density at radius 3 is 2.71 bits per heavy atom. The summed E-state index contributed by atoms with van der Waals surface area (Å²) < 4.78 is 7.91. The number of carbonyl (C=O) groups excluding carboxylic acids is 1. The van der Waals surface area contributed by atoms with Crippen molar-refractivity contribution in [1.29, 1.82) is 5.41 Å². The Bertz CT molecular complexity index is 1170. The van der Waals surface area contributed by atoms with Crippen molar-refractivity contribution >= 4 is 39.8 Å². The molecule has 31 heavy (non-hydrogen) atoms. The number of hydrogen-bond donors (Lipinski definition) is 1. The highest BCUT2D eigenvalue weighted by Gasteiger charge is 2.36. The molecule has 160 valence electrons. The van der Waals surface area contributed by atoms with Crippen LogP contribution in [-0.2, 0) is 4.79 Å². The van der Waals surface area contributed by atoms with E-state index >= 15 is 0 Å². The zero-order chi connectivity index (χ0) is 22.3. The molecule has 1 amide bonds. The van der Waals surface area contributed by atoms with E-state index in [1.165, 1.54) is 16.8 Å². The Morgan fingerprint density at radius 1 is 1.26 bits per heavy atom. The van der Waals surface area contributed by atoms with Crippen LogP contribution in [0.3, 0.4) is 0 Å². The molecular formula is C23H25N5O2S. The number of thioether (sulfide) groups is 1. The van der Waals surface area contributed by atoms with Gasteiger partial charge in [0.2, 0.25) is 5.17 Å². The lowest BCUT2D eigenvalue weighted by atomic mass is 10.1. The standard InChI is InChI=1S/C23H25N5O2S/c1-6-30-19-10-8-7-9-18(19)27-14(4)11-16(15(27)5)12-17-20(24)28-23(25-21(17)29)31-22(26-28)13(2)3/h7-13,24H,6H2,1-5H3. The molecule has 1 N–H and O–H groups in total. The van der Waals surface area contributed by atoms with Gasteiger partial charge in [0.15, 0.2) is 5.84 Å². The van der Waals surface area contributed by atoms with Gasteiger partial charge in [-0.05, 0) is 62.4 Å². The van der Waals surface area contributed by atoms with Gasteiger partial charge in [0, 0.05) is 17.3 Å². The smallest absolute Gasteiger partial charge is 0.283 e. The number of hydrogen-bond acceptors (Lipinski definition) is 5. The van der Waals surface area contributed by atoms with Crippen molar-refractivity contribution in [3.8, 4) is 11.4 Å². The molecule has 8 heteroatoms. The Morgan fingerprint density at radius 2 is 2.00 bits per heavy atom. The van der Waals surface area contributed by atoms with Crippen molar-refractivity contribution in [1.82, 2.24) is 9.58 Å². The predicted octanol–water partition coefficient (Wildman–Crippen LogP) is 4.77. The van der Waals surface area contributed by atoms with Gasteiger partial charge in [0.25, 0.3) is 5.91 Å². The second kappa shape index (κ2) is 8.19. The quantitative estimate of drug-likeness (QED) is 0.686. The van der Waals surface area contributed by atoms with Crippen molar-refractivity contribution in [3.05, 3.63) is 52.9 Å². The Labute approximate surface area is 186 Å². The summed E-state index contributed by atoms with van der Waals surface area (Å²) in [6.45, 7) is 10.6. The molecule has 4 rings (SSSR count). The molecule has 0 spiro atoms. The zero-order valence-corrected chi connectivity index (χ0v) is 19.1. The molecule has 0 aliphatic carbocycles. The van der Waals surface area contributed by atoms with Gasteiger partial charge in [-0.2, -0.15) is 15.1 Å². The number of rotatable bonds is 5. The maximum atomic E-state index is 12.7. The number of fused-ring (bicyclic) bond motifs is 1. The second-order valence-corrected chi connectivity index (χ2v) is 8.66. The molecule has 7 nitrogen and oxygen atoms in total. The molecule has 0 radical (unpaired) electrons. The first-order chi connectivity index (χ1) is 14.8. The minimum atomic E-state index is -0.413. The van der Waals surface area contributed by atoms with Crippen LogP contribution in [0.15, 0.2) is 46.0 Å². The van der Waals surface area contributed by atoms with E-state index in [4.69, 9.17) is 10.1 Å². The van der Waals surface area contributed by atoms with E-state index in [1.54, 1.807) is 6.08 Å². The molecule has 0 saturated carbocycles. The van der Waals surface area contributed by atoms with Gasteiger partial charge in [0.1, 0.15) is 10.8 Å². The molecule has 2 aromatic rings. The Hall–Kier alpha value is -3.13. The van der Waals surface area contributed by atoms with E-state index in [0.717, 1.165) is 33.4 Å². The average Bonchev–Trinajstić information content (AvgIpc) is 3.27. The number of ether oxygens (including phenoxy) is 1. The number of aryl methyl sites for hydroxylation is 1. The third-order valence-corrected chi connectivity index (χ3v) is 6.35. The van der Waals surface area contributed by atoms with E-state index in [1.807, 2.05) is 65.0 Å². The van der Waals surface area contributed by atoms with E-state index < -0.39 is 5.91 Å². The normalized spacial score (nSPS) is 17.4. The molecule has 0 fully saturated rings. The van der Waals surface area contributed by atoms with Crippen LogP contribution < -0.4 is 4.74 Å². The summed E-state index contributed by atoms with van der Waals surface area (Å²) in [5, 5.41) is 15.8. The van der Waals surface area contributed by atoms with E-state index in [9.17, 15) is 4.79 Å². The number of nitrogens with one attached hydrogen (secondary N) is 1. The first kappa shape index (κ1) is 21.1. The van der Waals surface area contributed by atoms with E-state index in [0.29, 0.717) is 11.8 Å². The highest BCUT2D eigenvalue weighted by atomic mass is 32.2. The van der Waals surface area contributed by atoms with Gasteiger partial charge in [-0.25, -0.2) is 0 Å². The molecule has 0 saturated heterocycles. The monoisotopic (exact) mass is 435 g/mol. The largest absolute Gasteiger partial charge is 0.492 e.